The largest absolute Gasteiger partial charge is 0.231 e. The van der Waals surface area contributed by atoms with Crippen molar-refractivity contribution in [2.24, 2.45) is 0 Å². The molecule has 0 fully saturated rings. The van der Waals surface area contributed by atoms with Crippen molar-refractivity contribution in [2.75, 3.05) is 0 Å². The third-order valence-corrected chi connectivity index (χ3v) is 1.58. The molecule has 1 aromatic carbocycles. The molecule has 0 atom stereocenters. The third-order valence-electron chi connectivity index (χ3n) is 0.824. The predicted molar refractivity (Wildman–Crippen MR) is 53.3 cm³/mol. The van der Waals surface area contributed by atoms with Gasteiger partial charge >= 0.3 is 0 Å². The fraction of sp³-hybridized carbons (Fsp3) is 0. The molecule has 0 saturated carbocycles. The number of hydrogen-bond acceptors (Lipinski definition) is 4. The Morgan fingerprint density at radius 1 is 0.929 bits per heavy atom. The number of nitrogens with one attached hydrogen (secondary N) is 2. The number of carbonyl (C=O) groups excluding carboxylic acids is 2. The molecule has 0 bridgehead atoms. The Balaban J connectivity index is 0. The second-order valence-electron chi connectivity index (χ2n) is 1.62. The average Bonchev–Trinajstić information content (AvgIpc) is 2.13. The van der Waals surface area contributed by atoms with Gasteiger partial charge < -0.3 is 0 Å². The Morgan fingerprint density at radius 2 is 1.14 bits per heavy atom. The molecule has 1 aromatic rings. The monoisotopic (exact) mass is 232 g/mol. The Bertz CT molecular complexity index is 297. The second kappa shape index (κ2) is 11.6. The third kappa shape index (κ3) is 10.6. The van der Waals surface area contributed by atoms with Gasteiger partial charge in [-0.05, 0) is 12.1 Å². The maximum absolute atomic E-state index is 8.35. The van der Waals surface area contributed by atoms with Crippen LogP contribution in [-0.2, 0) is 9.59 Å². The van der Waals surface area contributed by atoms with Gasteiger partial charge in [-0.3, -0.25) is 0 Å². The Kier molecular flexibility index (Phi) is 12.4. The summed E-state index contributed by atoms with van der Waals surface area (Å²) in [4.78, 5) is 16.7. The number of hydrogen-bond donors (Lipinski definition) is 2. The van der Waals surface area contributed by atoms with Gasteiger partial charge in [0.1, 0.15) is 0 Å². The van der Waals surface area contributed by atoms with Gasteiger partial charge in [0.25, 0.3) is 0 Å². The number of benzene rings is 1. The molecule has 0 aliphatic carbocycles. The summed E-state index contributed by atoms with van der Waals surface area (Å²) in [6, 6.07) is 7.19. The van der Waals surface area contributed by atoms with Crippen LogP contribution in [-0.4, -0.2) is 12.2 Å². The number of rotatable bonds is 0. The zero-order chi connectivity index (χ0) is 11.4. The van der Waals surface area contributed by atoms with E-state index in [9.17, 15) is 0 Å². The molecule has 0 unspecified atom stereocenters. The summed E-state index contributed by atoms with van der Waals surface area (Å²) in [5, 5.41) is 12.0. The van der Waals surface area contributed by atoms with E-state index in [0.29, 0.717) is 10.0 Å². The highest BCUT2D eigenvalue weighted by atomic mass is 35.5. The molecule has 0 aliphatic heterocycles. The zero-order valence-electron chi connectivity index (χ0n) is 6.88. The highest BCUT2D eigenvalue weighted by Gasteiger charge is 1.89. The second-order valence-corrected chi connectivity index (χ2v) is 2.43. The van der Waals surface area contributed by atoms with Crippen molar-refractivity contribution in [3.05, 3.63) is 34.3 Å². The molecule has 0 saturated heterocycles. The van der Waals surface area contributed by atoms with Gasteiger partial charge in [-0.25, -0.2) is 20.4 Å². The minimum absolute atomic E-state index is 0.606. The maximum atomic E-state index is 8.35. The van der Waals surface area contributed by atoms with Crippen molar-refractivity contribution in [2.45, 2.75) is 0 Å². The first-order chi connectivity index (χ1) is 6.63. The first-order valence-electron chi connectivity index (χ1n) is 3.11. The van der Waals surface area contributed by atoms with Crippen molar-refractivity contribution in [1.29, 1.82) is 10.8 Å². The standard InChI is InChI=1S/C6H4Cl2.2CHNO/c7-5-3-1-2-4-6(5)8;2*2-1-3/h1-4H;2*2H. The molecule has 0 aliphatic rings. The van der Waals surface area contributed by atoms with Gasteiger partial charge in [-0.1, -0.05) is 35.3 Å². The zero-order valence-corrected chi connectivity index (χ0v) is 8.39. The first kappa shape index (κ1) is 15.1. The first-order valence-corrected chi connectivity index (χ1v) is 3.87. The minimum atomic E-state index is 0.606. The van der Waals surface area contributed by atoms with E-state index in [2.05, 4.69) is 0 Å². The van der Waals surface area contributed by atoms with E-state index in [-0.39, 0.29) is 0 Å². The molecule has 14 heavy (non-hydrogen) atoms. The van der Waals surface area contributed by atoms with E-state index in [0.717, 1.165) is 12.2 Å². The van der Waals surface area contributed by atoms with Crippen LogP contribution in [0, 0.1) is 10.8 Å². The smallest absolute Gasteiger partial charge is 0.222 e. The fourth-order valence-electron chi connectivity index (χ4n) is 0.439. The van der Waals surface area contributed by atoms with Gasteiger partial charge in [-0.2, -0.15) is 0 Å². The van der Waals surface area contributed by atoms with E-state index >= 15 is 0 Å². The molecular weight excluding hydrogens is 227 g/mol. The number of halogens is 2. The van der Waals surface area contributed by atoms with Crippen LogP contribution in [0.4, 0.5) is 0 Å². The highest BCUT2D eigenvalue weighted by molar-refractivity contribution is 6.41. The molecule has 2 N–H and O–H groups in total. The van der Waals surface area contributed by atoms with Crippen molar-refractivity contribution in [3.8, 4) is 0 Å². The van der Waals surface area contributed by atoms with E-state index < -0.39 is 0 Å². The lowest BCUT2D eigenvalue weighted by Gasteiger charge is -1.88. The van der Waals surface area contributed by atoms with Gasteiger partial charge in [-0.15, -0.1) is 0 Å². The Labute approximate surface area is 90.5 Å². The molecule has 0 spiro atoms. The summed E-state index contributed by atoms with van der Waals surface area (Å²) in [5.74, 6) is 0. The summed E-state index contributed by atoms with van der Waals surface area (Å²) in [5.41, 5.74) is 0. The van der Waals surface area contributed by atoms with Crippen LogP contribution in [0.15, 0.2) is 24.3 Å². The average molecular weight is 233 g/mol. The molecule has 0 radical (unpaired) electrons. The van der Waals surface area contributed by atoms with Gasteiger partial charge in [0.05, 0.1) is 10.0 Å². The van der Waals surface area contributed by atoms with Crippen molar-refractivity contribution in [3.63, 3.8) is 0 Å². The van der Waals surface area contributed by atoms with Crippen molar-refractivity contribution in [1.82, 2.24) is 0 Å². The Morgan fingerprint density at radius 3 is 1.29 bits per heavy atom. The molecule has 1 rings (SSSR count). The molecule has 0 heterocycles. The quantitative estimate of drug-likeness (QED) is 0.533. The van der Waals surface area contributed by atoms with Crippen LogP contribution in [0.1, 0.15) is 0 Å². The highest BCUT2D eigenvalue weighted by Crippen LogP contribution is 2.19. The van der Waals surface area contributed by atoms with E-state index in [4.69, 9.17) is 43.6 Å². The van der Waals surface area contributed by atoms with E-state index in [1.807, 2.05) is 12.1 Å². The molecule has 74 valence electrons. The van der Waals surface area contributed by atoms with Crippen LogP contribution in [0.5, 0.6) is 0 Å². The lowest BCUT2D eigenvalue weighted by atomic mass is 10.4. The molecular formula is C8H6Cl2N2O2. The van der Waals surface area contributed by atoms with Gasteiger partial charge in [0.15, 0.2) is 0 Å². The molecule has 0 aromatic heterocycles. The summed E-state index contributed by atoms with van der Waals surface area (Å²) in [6.45, 7) is 0. The van der Waals surface area contributed by atoms with E-state index in [1.165, 1.54) is 0 Å². The molecule has 6 heteroatoms. The normalized spacial score (nSPS) is 6.43. The SMILES string of the molecule is Clc1ccccc1Cl.N=C=O.N=C=O. The minimum Gasteiger partial charge on any atom is -0.222 e. The molecule has 0 amide bonds. The summed E-state index contributed by atoms with van der Waals surface area (Å²) < 4.78 is 0. The summed E-state index contributed by atoms with van der Waals surface area (Å²) in [7, 11) is 0. The van der Waals surface area contributed by atoms with Crippen molar-refractivity contribution < 1.29 is 9.59 Å². The van der Waals surface area contributed by atoms with Crippen LogP contribution < -0.4 is 0 Å². The lowest BCUT2D eigenvalue weighted by molar-refractivity contribution is 0.562. The predicted octanol–water partition coefficient (Wildman–Crippen LogP) is 2.80. The number of isocyanates is 2. The topological polar surface area (TPSA) is 81.8 Å². The summed E-state index contributed by atoms with van der Waals surface area (Å²) >= 11 is 11.2. The van der Waals surface area contributed by atoms with Crippen LogP contribution in [0.25, 0.3) is 0 Å². The van der Waals surface area contributed by atoms with Gasteiger partial charge in [0, 0.05) is 0 Å². The van der Waals surface area contributed by atoms with Crippen LogP contribution in [0.2, 0.25) is 10.0 Å². The fourth-order valence-corrected chi connectivity index (χ4v) is 0.711. The van der Waals surface area contributed by atoms with Crippen LogP contribution in [0.3, 0.4) is 0 Å². The van der Waals surface area contributed by atoms with Gasteiger partial charge in [0.2, 0.25) is 12.2 Å². The van der Waals surface area contributed by atoms with Crippen LogP contribution >= 0.6 is 23.2 Å². The summed E-state index contributed by atoms with van der Waals surface area (Å²) in [6.07, 6.45) is 1.50. The van der Waals surface area contributed by atoms with Crippen molar-refractivity contribution >= 4 is 35.4 Å². The Hall–Kier alpha value is -1.44. The maximum Gasteiger partial charge on any atom is 0.231 e. The lowest BCUT2D eigenvalue weighted by Crippen LogP contribution is -1.62. The molecule has 4 nitrogen and oxygen atoms in total. The van der Waals surface area contributed by atoms with E-state index in [1.54, 1.807) is 12.1 Å².